The van der Waals surface area contributed by atoms with Gasteiger partial charge in [0.2, 0.25) is 0 Å². The largest absolute Gasteiger partial charge is 0.497 e. The van der Waals surface area contributed by atoms with Crippen LogP contribution in [0.15, 0.2) is 36.7 Å². The fourth-order valence-electron chi connectivity index (χ4n) is 2.38. The first-order valence-electron chi connectivity index (χ1n) is 9.07. The van der Waals surface area contributed by atoms with Crippen molar-refractivity contribution in [3.63, 3.8) is 0 Å². The van der Waals surface area contributed by atoms with Gasteiger partial charge in [-0.25, -0.2) is 4.79 Å². The second-order valence-corrected chi connectivity index (χ2v) is 6.29. The molecule has 0 aromatic heterocycles. The van der Waals surface area contributed by atoms with Gasteiger partial charge in [0.05, 0.1) is 19.4 Å². The Morgan fingerprint density at radius 2 is 2.07 bits per heavy atom. The van der Waals surface area contributed by atoms with E-state index in [0.29, 0.717) is 13.1 Å². The average molecular weight is 380 g/mol. The zero-order valence-electron chi connectivity index (χ0n) is 16.3. The minimum Gasteiger partial charge on any atom is -0.497 e. The van der Waals surface area contributed by atoms with Crippen LogP contribution in [0, 0.1) is 6.92 Å². The number of β-amino-alcohol motifs (C(OH)–C–C–N with tert-alkyl or cyclic N) is 1. The molecule has 0 bridgehead atoms. The predicted molar refractivity (Wildman–Crippen MR) is 106 cm³/mol. The number of rotatable bonds is 4. The van der Waals surface area contributed by atoms with Crippen molar-refractivity contribution in [1.82, 2.24) is 20.9 Å². The molecule has 1 aromatic carbocycles. The maximum atomic E-state index is 10.1. The standard InChI is InChI=1S/C8H10O.C7H13N3O2.C4H9NO/c1-7-3-5-8(9-2)6-4-7;1-6-8-2-4-10(6)5-3-9-7(11)12;6-4-1-2-5-3-4/h3-6H,1-2H3;2,4,6,8-9H,3,5H2,1H3,(H,11,12);4-6H,1-3H2. The Kier molecular flexibility index (Phi) is 10.7. The Morgan fingerprint density at radius 1 is 1.37 bits per heavy atom. The van der Waals surface area contributed by atoms with Crippen LogP contribution in [0.2, 0.25) is 0 Å². The molecule has 2 heterocycles. The number of methoxy groups -OCH3 is 1. The molecule has 2 aliphatic rings. The molecule has 0 spiro atoms. The Bertz CT molecular complexity index is 559. The summed E-state index contributed by atoms with van der Waals surface area (Å²) in [5, 5.41) is 25.4. The highest BCUT2D eigenvalue weighted by atomic mass is 16.5. The van der Waals surface area contributed by atoms with E-state index in [4.69, 9.17) is 14.9 Å². The van der Waals surface area contributed by atoms with Gasteiger partial charge in [-0.15, -0.1) is 0 Å². The van der Waals surface area contributed by atoms with Crippen LogP contribution in [0.3, 0.4) is 0 Å². The van der Waals surface area contributed by atoms with Gasteiger partial charge in [-0.3, -0.25) is 0 Å². The summed E-state index contributed by atoms with van der Waals surface area (Å²) in [6, 6.07) is 7.96. The summed E-state index contributed by atoms with van der Waals surface area (Å²) in [6.07, 6.45) is 3.92. The molecule has 1 saturated heterocycles. The van der Waals surface area contributed by atoms with Crippen molar-refractivity contribution >= 4 is 6.09 Å². The van der Waals surface area contributed by atoms with E-state index in [2.05, 4.69) is 22.9 Å². The number of ether oxygens (including phenoxy) is 1. The van der Waals surface area contributed by atoms with Crippen molar-refractivity contribution < 1.29 is 19.7 Å². The molecule has 1 aromatic rings. The number of nitrogens with one attached hydrogen (secondary N) is 3. The number of aryl methyl sites for hydroxylation is 1. The summed E-state index contributed by atoms with van der Waals surface area (Å²) in [4.78, 5) is 12.1. The predicted octanol–water partition coefficient (Wildman–Crippen LogP) is 1.32. The van der Waals surface area contributed by atoms with Crippen LogP contribution in [0.5, 0.6) is 5.75 Å². The summed E-state index contributed by atoms with van der Waals surface area (Å²) in [5.74, 6) is 0.917. The lowest BCUT2D eigenvalue weighted by atomic mass is 10.2. The quantitative estimate of drug-likeness (QED) is 0.536. The summed E-state index contributed by atoms with van der Waals surface area (Å²) in [7, 11) is 1.67. The molecule has 27 heavy (non-hydrogen) atoms. The van der Waals surface area contributed by atoms with Gasteiger partial charge in [0, 0.05) is 32.0 Å². The molecular formula is C19H32N4O4. The molecule has 2 aliphatic heterocycles. The number of benzene rings is 1. The first kappa shape index (κ1) is 22.6. The van der Waals surface area contributed by atoms with Gasteiger partial charge < -0.3 is 35.8 Å². The number of nitrogens with zero attached hydrogens (tertiary/aromatic N) is 1. The fourth-order valence-corrected chi connectivity index (χ4v) is 2.38. The van der Waals surface area contributed by atoms with Crippen LogP contribution >= 0.6 is 0 Å². The molecule has 5 N–H and O–H groups in total. The third kappa shape index (κ3) is 10.3. The van der Waals surface area contributed by atoms with Gasteiger partial charge in [0.1, 0.15) is 5.75 Å². The molecule has 1 amide bonds. The average Bonchev–Trinajstić information content (AvgIpc) is 3.28. The van der Waals surface area contributed by atoms with E-state index in [1.165, 1.54) is 5.56 Å². The van der Waals surface area contributed by atoms with E-state index in [1.807, 2.05) is 48.5 Å². The van der Waals surface area contributed by atoms with Gasteiger partial charge >= 0.3 is 6.09 Å². The monoisotopic (exact) mass is 380 g/mol. The normalized spacial score (nSPS) is 19.9. The zero-order valence-corrected chi connectivity index (χ0v) is 16.3. The van der Waals surface area contributed by atoms with Crippen molar-refractivity contribution in [2.24, 2.45) is 0 Å². The van der Waals surface area contributed by atoms with E-state index in [0.717, 1.165) is 25.3 Å². The molecule has 8 heteroatoms. The topological polar surface area (TPSA) is 106 Å². The number of amides is 1. The highest BCUT2D eigenvalue weighted by molar-refractivity contribution is 5.64. The molecule has 0 radical (unpaired) electrons. The maximum Gasteiger partial charge on any atom is 0.404 e. The van der Waals surface area contributed by atoms with Crippen molar-refractivity contribution in [1.29, 1.82) is 0 Å². The number of carboxylic acid groups (broad SMARTS) is 1. The summed E-state index contributed by atoms with van der Waals surface area (Å²) in [5.41, 5.74) is 1.26. The molecular weight excluding hydrogens is 348 g/mol. The SMILES string of the molecule is CC1NC=CN1CCNC(=O)O.COc1ccc(C)cc1.OC1CCNC1. The third-order valence-electron chi connectivity index (χ3n) is 4.04. The number of hydrogen-bond donors (Lipinski definition) is 5. The number of hydrogen-bond acceptors (Lipinski definition) is 6. The lowest BCUT2D eigenvalue weighted by Crippen LogP contribution is -2.37. The van der Waals surface area contributed by atoms with Gasteiger partial charge in [0.25, 0.3) is 0 Å². The van der Waals surface area contributed by atoms with Crippen LogP contribution < -0.4 is 20.7 Å². The maximum absolute atomic E-state index is 10.1. The smallest absolute Gasteiger partial charge is 0.404 e. The second-order valence-electron chi connectivity index (χ2n) is 6.29. The van der Waals surface area contributed by atoms with Crippen molar-refractivity contribution in [3.8, 4) is 5.75 Å². The van der Waals surface area contributed by atoms with E-state index in [1.54, 1.807) is 7.11 Å². The molecule has 0 aliphatic carbocycles. The highest BCUT2D eigenvalue weighted by Gasteiger charge is 2.11. The van der Waals surface area contributed by atoms with Gasteiger partial charge in [0.15, 0.2) is 0 Å². The fraction of sp³-hybridized carbons (Fsp3) is 0.526. The minimum absolute atomic E-state index is 0.0648. The van der Waals surface area contributed by atoms with E-state index in [-0.39, 0.29) is 12.3 Å². The van der Waals surface area contributed by atoms with Gasteiger partial charge in [-0.1, -0.05) is 17.7 Å². The molecule has 1 fully saturated rings. The lowest BCUT2D eigenvalue weighted by molar-refractivity contribution is 0.192. The first-order chi connectivity index (χ1) is 12.9. The van der Waals surface area contributed by atoms with Gasteiger partial charge in [-0.2, -0.15) is 0 Å². The molecule has 3 rings (SSSR count). The molecule has 0 saturated carbocycles. The zero-order chi connectivity index (χ0) is 20.1. The van der Waals surface area contributed by atoms with Crippen molar-refractivity contribution in [2.75, 3.05) is 33.3 Å². The Balaban J connectivity index is 0.000000214. The minimum atomic E-state index is -0.973. The summed E-state index contributed by atoms with van der Waals surface area (Å²) < 4.78 is 4.97. The van der Waals surface area contributed by atoms with E-state index >= 15 is 0 Å². The summed E-state index contributed by atoms with van der Waals surface area (Å²) >= 11 is 0. The summed E-state index contributed by atoms with van der Waals surface area (Å²) in [6.45, 7) is 6.99. The lowest BCUT2D eigenvalue weighted by Gasteiger charge is -2.21. The molecule has 2 unspecified atom stereocenters. The Hall–Kier alpha value is -2.45. The van der Waals surface area contributed by atoms with E-state index in [9.17, 15) is 4.79 Å². The Morgan fingerprint density at radius 3 is 2.48 bits per heavy atom. The van der Waals surface area contributed by atoms with Crippen LogP contribution in [-0.4, -0.2) is 66.8 Å². The van der Waals surface area contributed by atoms with Crippen molar-refractivity contribution in [3.05, 3.63) is 42.2 Å². The number of aliphatic hydroxyl groups excluding tert-OH is 1. The second kappa shape index (κ2) is 12.8. The first-order valence-corrected chi connectivity index (χ1v) is 9.07. The van der Waals surface area contributed by atoms with Crippen LogP contribution in [0.1, 0.15) is 18.9 Å². The third-order valence-corrected chi connectivity index (χ3v) is 4.04. The van der Waals surface area contributed by atoms with Crippen molar-refractivity contribution in [2.45, 2.75) is 32.5 Å². The van der Waals surface area contributed by atoms with Crippen LogP contribution in [0.25, 0.3) is 0 Å². The van der Waals surface area contributed by atoms with Gasteiger partial charge in [-0.05, 0) is 38.9 Å². The molecule has 152 valence electrons. The van der Waals surface area contributed by atoms with Crippen LogP contribution in [0.4, 0.5) is 4.79 Å². The highest BCUT2D eigenvalue weighted by Crippen LogP contribution is 2.09. The van der Waals surface area contributed by atoms with Crippen LogP contribution in [-0.2, 0) is 0 Å². The van der Waals surface area contributed by atoms with E-state index < -0.39 is 6.09 Å². The number of carbonyl (C=O) groups is 1. The molecule has 2 atom stereocenters. The molecule has 8 nitrogen and oxygen atoms in total. The Labute approximate surface area is 161 Å². The number of aliphatic hydroxyl groups is 1.